The van der Waals surface area contributed by atoms with E-state index in [-0.39, 0.29) is 56.4 Å². The van der Waals surface area contributed by atoms with Gasteiger partial charge in [-0.25, -0.2) is 4.79 Å². The molecule has 0 aliphatic heterocycles. The fraction of sp³-hybridized carbons (Fsp3) is 0. The van der Waals surface area contributed by atoms with Crippen molar-refractivity contribution in [1.82, 2.24) is 0 Å². The van der Waals surface area contributed by atoms with Crippen LogP contribution >= 0.6 is 11.6 Å². The van der Waals surface area contributed by atoms with Crippen LogP contribution in [-0.4, -0.2) is 62.5 Å². The molecule has 0 aromatic heterocycles. The van der Waals surface area contributed by atoms with E-state index in [1.54, 1.807) is 0 Å². The quantitative estimate of drug-likeness (QED) is 0.423. The number of carboxylic acid groups (broad SMARTS) is 1. The fourth-order valence-electron chi connectivity index (χ4n) is 0. The summed E-state index contributed by atoms with van der Waals surface area (Å²) in [5.74, 6) is -1.17. The molecule has 0 saturated carbocycles. The molecule has 0 unspecified atom stereocenters. The van der Waals surface area contributed by atoms with Crippen LogP contribution in [0.1, 0.15) is 0 Å². The molecule has 0 aliphatic carbocycles. The van der Waals surface area contributed by atoms with E-state index in [9.17, 15) is 4.79 Å². The third kappa shape index (κ3) is 7.14. The maximum absolute atomic E-state index is 9.47. The SMILES string of the molecule is C=C(Cl)C(=O)O.[KH]. The zero-order valence-corrected chi connectivity index (χ0v) is 3.70. The predicted molar refractivity (Wildman–Crippen MR) is 29.8 cm³/mol. The Labute approximate surface area is 89.0 Å². The Bertz CT molecular complexity index is 78.9. The summed E-state index contributed by atoms with van der Waals surface area (Å²) in [5.41, 5.74) is 0. The second kappa shape index (κ2) is 5.28. The molecular weight excluding hydrogens is 143 g/mol. The molecule has 0 spiro atoms. The van der Waals surface area contributed by atoms with Crippen molar-refractivity contribution in [2.45, 2.75) is 0 Å². The van der Waals surface area contributed by atoms with Crippen molar-refractivity contribution in [3.63, 3.8) is 0 Å². The zero-order valence-electron chi connectivity index (χ0n) is 2.94. The van der Waals surface area contributed by atoms with Gasteiger partial charge in [0.05, 0.1) is 0 Å². The van der Waals surface area contributed by atoms with Crippen LogP contribution in [0.15, 0.2) is 11.6 Å². The first-order valence-electron chi connectivity index (χ1n) is 1.22. The van der Waals surface area contributed by atoms with Crippen molar-refractivity contribution in [2.75, 3.05) is 0 Å². The minimum atomic E-state index is -1.17. The molecule has 0 bridgehead atoms. The Morgan fingerprint density at radius 2 is 1.86 bits per heavy atom. The first-order valence-corrected chi connectivity index (χ1v) is 1.60. The molecule has 0 heterocycles. The molecule has 0 aromatic rings. The summed E-state index contributed by atoms with van der Waals surface area (Å²) in [6, 6.07) is 0. The van der Waals surface area contributed by atoms with Gasteiger partial charge >= 0.3 is 57.4 Å². The number of hydrogen-bond donors (Lipinski definition) is 1. The van der Waals surface area contributed by atoms with Gasteiger partial charge in [0.25, 0.3) is 0 Å². The minimum absolute atomic E-state index is 0. The van der Waals surface area contributed by atoms with Gasteiger partial charge < -0.3 is 5.11 Å². The Kier molecular flexibility index (Phi) is 8.29. The molecule has 0 aromatic carbocycles. The number of carbonyl (C=O) groups is 1. The van der Waals surface area contributed by atoms with Crippen molar-refractivity contribution in [3.8, 4) is 0 Å². The van der Waals surface area contributed by atoms with E-state index >= 15 is 0 Å². The summed E-state index contributed by atoms with van der Waals surface area (Å²) in [6.07, 6.45) is 0. The van der Waals surface area contributed by atoms with E-state index in [2.05, 4.69) is 6.58 Å². The number of carboxylic acids is 1. The van der Waals surface area contributed by atoms with Crippen molar-refractivity contribution in [3.05, 3.63) is 11.6 Å². The summed E-state index contributed by atoms with van der Waals surface area (Å²) < 4.78 is 0. The summed E-state index contributed by atoms with van der Waals surface area (Å²) in [4.78, 5) is 9.47. The van der Waals surface area contributed by atoms with Gasteiger partial charge in [-0.1, -0.05) is 18.2 Å². The topological polar surface area (TPSA) is 37.3 Å². The summed E-state index contributed by atoms with van der Waals surface area (Å²) in [7, 11) is 0. The Hall–Kier alpha value is 1.14. The van der Waals surface area contributed by atoms with Gasteiger partial charge in [0.2, 0.25) is 0 Å². The molecule has 0 amide bonds. The van der Waals surface area contributed by atoms with Crippen LogP contribution in [0.2, 0.25) is 0 Å². The van der Waals surface area contributed by atoms with Crippen LogP contribution in [0, 0.1) is 0 Å². The zero-order chi connectivity index (χ0) is 5.15. The van der Waals surface area contributed by atoms with Crippen molar-refractivity contribution in [1.29, 1.82) is 0 Å². The standard InChI is InChI=1S/C3H3ClO2.K.H/c1-2(4)3(5)6;;/h1H2,(H,5,6);;. The monoisotopic (exact) mass is 146 g/mol. The van der Waals surface area contributed by atoms with Gasteiger partial charge in [-0.2, -0.15) is 0 Å². The number of aliphatic carboxylic acids is 1. The Morgan fingerprint density at radius 3 is 1.86 bits per heavy atom. The average molecular weight is 147 g/mol. The van der Waals surface area contributed by atoms with Crippen LogP contribution in [0.5, 0.6) is 0 Å². The fourth-order valence-corrected chi connectivity index (χ4v) is 0. The number of hydrogen-bond acceptors (Lipinski definition) is 1. The summed E-state index contributed by atoms with van der Waals surface area (Å²) >= 11 is 4.82. The molecule has 0 rings (SSSR count). The van der Waals surface area contributed by atoms with Crippen molar-refractivity contribution in [2.24, 2.45) is 0 Å². The van der Waals surface area contributed by atoms with Crippen LogP contribution < -0.4 is 0 Å². The second-order valence-electron chi connectivity index (χ2n) is 0.710. The van der Waals surface area contributed by atoms with E-state index in [0.717, 1.165) is 0 Å². The van der Waals surface area contributed by atoms with Gasteiger partial charge in [0.1, 0.15) is 5.03 Å². The van der Waals surface area contributed by atoms with Crippen LogP contribution in [-0.2, 0) is 4.79 Å². The molecule has 0 fully saturated rings. The molecule has 0 saturated heterocycles. The molecule has 0 aliphatic rings. The third-order valence-electron chi connectivity index (χ3n) is 0.232. The number of halogens is 1. The van der Waals surface area contributed by atoms with Crippen LogP contribution in [0.3, 0.4) is 0 Å². The van der Waals surface area contributed by atoms with Gasteiger partial charge in [-0.3, -0.25) is 0 Å². The Balaban J connectivity index is 0. The molecule has 0 radical (unpaired) electrons. The van der Waals surface area contributed by atoms with Crippen molar-refractivity contribution >= 4 is 69.0 Å². The number of rotatable bonds is 1. The molecule has 4 heteroatoms. The average Bonchev–Trinajstić information content (AvgIpc) is 1.36. The van der Waals surface area contributed by atoms with Crippen LogP contribution in [0.4, 0.5) is 0 Å². The molecule has 1 N–H and O–H groups in total. The molecule has 2 nitrogen and oxygen atoms in total. The molecule has 36 valence electrons. The third-order valence-corrected chi connectivity index (χ3v) is 0.394. The summed E-state index contributed by atoms with van der Waals surface area (Å²) in [6.45, 7) is 2.92. The first-order chi connectivity index (χ1) is 2.64. The molecular formula is C3H4ClKO2. The first kappa shape index (κ1) is 11.0. The predicted octanol–water partition coefficient (Wildman–Crippen LogP) is 0.175. The van der Waals surface area contributed by atoms with Crippen LogP contribution in [0.25, 0.3) is 0 Å². The maximum atomic E-state index is 9.47. The van der Waals surface area contributed by atoms with Gasteiger partial charge in [0, 0.05) is 0 Å². The summed E-state index contributed by atoms with van der Waals surface area (Å²) in [5, 5.41) is 7.41. The molecule has 7 heavy (non-hydrogen) atoms. The van der Waals surface area contributed by atoms with E-state index in [1.807, 2.05) is 0 Å². The second-order valence-corrected chi connectivity index (χ2v) is 1.17. The normalized spacial score (nSPS) is 6.43. The van der Waals surface area contributed by atoms with Gasteiger partial charge in [-0.05, 0) is 0 Å². The Morgan fingerprint density at radius 1 is 1.71 bits per heavy atom. The van der Waals surface area contributed by atoms with E-state index in [4.69, 9.17) is 16.7 Å². The molecule has 0 atom stereocenters. The van der Waals surface area contributed by atoms with E-state index < -0.39 is 5.97 Å². The van der Waals surface area contributed by atoms with E-state index in [1.165, 1.54) is 0 Å². The van der Waals surface area contributed by atoms with Gasteiger partial charge in [0.15, 0.2) is 0 Å². The van der Waals surface area contributed by atoms with Crippen molar-refractivity contribution < 1.29 is 9.90 Å². The van der Waals surface area contributed by atoms with E-state index in [0.29, 0.717) is 0 Å². The van der Waals surface area contributed by atoms with Gasteiger partial charge in [-0.15, -0.1) is 0 Å².